The van der Waals surface area contributed by atoms with Crippen LogP contribution in [0.3, 0.4) is 0 Å². The number of sulfonamides is 1. The first-order valence-corrected chi connectivity index (χ1v) is 14.4. The standard InChI is InChI=1S/C27H37N3O8S/c1-17(2)13-30(39(34,35)20-10-8-19(28)9-11-20)14-22(31)21(12-18-6-4-3-5-7-18)29-27(33)38-24-16-37-26-25(24)23(32)15-36-26/h3-11,17,21-26,31-32H,12-16,28H2,1-2H3,(H,29,33)/t21-,22+,23-,24-,25-,26+/m0/s1. The maximum absolute atomic E-state index is 13.5. The quantitative estimate of drug-likeness (QED) is 0.296. The molecular weight excluding hydrogens is 526 g/mol. The number of nitrogens with two attached hydrogens (primary N) is 1. The van der Waals surface area contributed by atoms with Crippen LogP contribution in [-0.4, -0.2) is 86.0 Å². The zero-order chi connectivity index (χ0) is 28.2. The van der Waals surface area contributed by atoms with Crippen LogP contribution in [0.1, 0.15) is 19.4 Å². The number of benzene rings is 2. The van der Waals surface area contributed by atoms with Crippen molar-refractivity contribution in [2.75, 3.05) is 32.0 Å². The molecule has 2 aliphatic heterocycles. The first-order valence-electron chi connectivity index (χ1n) is 13.0. The van der Waals surface area contributed by atoms with Gasteiger partial charge in [-0.2, -0.15) is 4.31 Å². The minimum Gasteiger partial charge on any atom is -0.443 e. The predicted octanol–water partition coefficient (Wildman–Crippen LogP) is 1.35. The Morgan fingerprint density at radius 3 is 2.44 bits per heavy atom. The van der Waals surface area contributed by atoms with Crippen LogP contribution >= 0.6 is 0 Å². The van der Waals surface area contributed by atoms with E-state index in [4.69, 9.17) is 19.9 Å². The van der Waals surface area contributed by atoms with Crippen LogP contribution in [-0.2, 0) is 30.7 Å². The summed E-state index contributed by atoms with van der Waals surface area (Å²) in [6.45, 7) is 3.84. The summed E-state index contributed by atoms with van der Waals surface area (Å²) in [6, 6.07) is 14.2. The second kappa shape index (κ2) is 12.6. The second-order valence-corrected chi connectivity index (χ2v) is 12.4. The van der Waals surface area contributed by atoms with Gasteiger partial charge in [0, 0.05) is 18.8 Å². The van der Waals surface area contributed by atoms with E-state index in [-0.39, 0.29) is 43.5 Å². The Kier molecular flexibility index (Phi) is 9.47. The zero-order valence-electron chi connectivity index (χ0n) is 22.0. The van der Waals surface area contributed by atoms with E-state index in [0.717, 1.165) is 5.56 Å². The van der Waals surface area contributed by atoms with Gasteiger partial charge in [0.25, 0.3) is 0 Å². The van der Waals surface area contributed by atoms with Crippen molar-refractivity contribution < 1.29 is 37.6 Å². The number of hydrogen-bond donors (Lipinski definition) is 4. The molecule has 0 radical (unpaired) electrons. The van der Waals surface area contributed by atoms with E-state index in [9.17, 15) is 23.4 Å². The molecule has 12 heteroatoms. The number of fused-ring (bicyclic) bond motifs is 1. The minimum absolute atomic E-state index is 0.0263. The summed E-state index contributed by atoms with van der Waals surface area (Å²) in [5.41, 5.74) is 7.00. The largest absolute Gasteiger partial charge is 0.443 e. The summed E-state index contributed by atoms with van der Waals surface area (Å²) in [4.78, 5) is 13.0. The lowest BCUT2D eigenvalue weighted by Crippen LogP contribution is -2.52. The molecule has 2 aromatic rings. The third-order valence-electron chi connectivity index (χ3n) is 6.85. The third-order valence-corrected chi connectivity index (χ3v) is 8.69. The molecular formula is C27H37N3O8S. The molecule has 2 aliphatic rings. The topological polar surface area (TPSA) is 161 Å². The smallest absolute Gasteiger partial charge is 0.407 e. The fourth-order valence-corrected chi connectivity index (χ4v) is 6.49. The Hall–Kier alpha value is -2.74. The molecule has 0 spiro atoms. The van der Waals surface area contributed by atoms with Gasteiger partial charge in [-0.25, -0.2) is 13.2 Å². The van der Waals surface area contributed by atoms with Crippen LogP contribution < -0.4 is 11.1 Å². The number of amides is 1. The van der Waals surface area contributed by atoms with E-state index >= 15 is 0 Å². The highest BCUT2D eigenvalue weighted by Gasteiger charge is 2.49. The van der Waals surface area contributed by atoms with E-state index in [0.29, 0.717) is 5.69 Å². The number of alkyl carbamates (subject to hydrolysis) is 1. The van der Waals surface area contributed by atoms with E-state index in [2.05, 4.69) is 5.32 Å². The molecule has 0 aromatic heterocycles. The number of hydrogen-bond acceptors (Lipinski definition) is 9. The number of aliphatic hydroxyl groups is 2. The number of aliphatic hydroxyl groups excluding tert-OH is 2. The number of nitrogens with zero attached hydrogens (tertiary/aromatic N) is 1. The third kappa shape index (κ3) is 7.27. The van der Waals surface area contributed by atoms with Crippen molar-refractivity contribution in [2.24, 2.45) is 11.8 Å². The number of anilines is 1. The maximum Gasteiger partial charge on any atom is 0.407 e. The van der Waals surface area contributed by atoms with Crippen LogP contribution in [0.4, 0.5) is 10.5 Å². The SMILES string of the molecule is CC(C)CN(C[C@@H](O)[C@H](Cc1ccccc1)NC(=O)O[C@H]1CO[C@H]2OC[C@H](O)[C@H]21)S(=O)(=O)c1ccc(N)cc1. The minimum atomic E-state index is -3.96. The first-order chi connectivity index (χ1) is 18.5. The van der Waals surface area contributed by atoms with E-state index in [1.165, 1.54) is 28.6 Å². The molecule has 11 nitrogen and oxygen atoms in total. The monoisotopic (exact) mass is 563 g/mol. The van der Waals surface area contributed by atoms with Crippen molar-refractivity contribution in [1.29, 1.82) is 0 Å². The highest BCUT2D eigenvalue weighted by Crippen LogP contribution is 2.33. The highest BCUT2D eigenvalue weighted by molar-refractivity contribution is 7.89. The van der Waals surface area contributed by atoms with Gasteiger partial charge in [-0.05, 0) is 42.2 Å². The normalized spacial score (nSPS) is 24.5. The molecule has 5 N–H and O–H groups in total. The summed E-state index contributed by atoms with van der Waals surface area (Å²) in [5, 5.41) is 24.2. The van der Waals surface area contributed by atoms with Gasteiger partial charge in [0.15, 0.2) is 6.29 Å². The molecule has 0 bridgehead atoms. The summed E-state index contributed by atoms with van der Waals surface area (Å²) >= 11 is 0. The molecule has 6 atom stereocenters. The molecule has 2 aromatic carbocycles. The van der Waals surface area contributed by atoms with Crippen molar-refractivity contribution in [3.8, 4) is 0 Å². The molecule has 0 aliphatic carbocycles. The van der Waals surface area contributed by atoms with Crippen molar-refractivity contribution in [3.63, 3.8) is 0 Å². The van der Waals surface area contributed by atoms with Gasteiger partial charge in [-0.15, -0.1) is 0 Å². The second-order valence-electron chi connectivity index (χ2n) is 10.4. The fourth-order valence-electron chi connectivity index (χ4n) is 4.87. The van der Waals surface area contributed by atoms with Gasteiger partial charge in [-0.3, -0.25) is 0 Å². The van der Waals surface area contributed by atoms with Crippen LogP contribution in [0.25, 0.3) is 0 Å². The van der Waals surface area contributed by atoms with Gasteiger partial charge in [0.05, 0.1) is 42.3 Å². The molecule has 1 amide bonds. The number of carbonyl (C=O) groups is 1. The Labute approximate surface area is 228 Å². The average Bonchev–Trinajstić information content (AvgIpc) is 3.46. The fraction of sp³-hybridized carbons (Fsp3) is 0.519. The Balaban J connectivity index is 1.51. The lowest BCUT2D eigenvalue weighted by Gasteiger charge is -2.31. The number of nitrogens with one attached hydrogen (secondary N) is 1. The number of nitrogen functional groups attached to an aromatic ring is 1. The maximum atomic E-state index is 13.5. The first kappa shape index (κ1) is 29.2. The van der Waals surface area contributed by atoms with E-state index in [1.807, 2.05) is 44.2 Å². The Morgan fingerprint density at radius 1 is 1.10 bits per heavy atom. The highest BCUT2D eigenvalue weighted by atomic mass is 32.2. The predicted molar refractivity (Wildman–Crippen MR) is 143 cm³/mol. The van der Waals surface area contributed by atoms with Gasteiger partial charge in [-0.1, -0.05) is 44.2 Å². The molecule has 0 saturated carbocycles. The van der Waals surface area contributed by atoms with Gasteiger partial charge < -0.3 is 35.5 Å². The number of carbonyl (C=O) groups excluding carboxylic acids is 1. The summed E-state index contributed by atoms with van der Waals surface area (Å²) < 4.78 is 44.6. The van der Waals surface area contributed by atoms with E-state index in [1.54, 1.807) is 0 Å². The van der Waals surface area contributed by atoms with Gasteiger partial charge in [0.1, 0.15) is 6.10 Å². The lowest BCUT2D eigenvalue weighted by molar-refractivity contribution is -0.0911. The molecule has 4 rings (SSSR count). The van der Waals surface area contributed by atoms with Crippen molar-refractivity contribution in [2.45, 2.75) is 55.8 Å². The molecule has 2 fully saturated rings. The molecule has 0 unspecified atom stereocenters. The molecule has 214 valence electrons. The van der Waals surface area contributed by atoms with Crippen LogP contribution in [0.15, 0.2) is 59.5 Å². The Morgan fingerprint density at radius 2 is 1.77 bits per heavy atom. The summed E-state index contributed by atoms with van der Waals surface area (Å²) in [5.74, 6) is -0.526. The lowest BCUT2D eigenvalue weighted by atomic mass is 10.0. The Bertz CT molecular complexity index is 1200. The molecule has 39 heavy (non-hydrogen) atoms. The number of rotatable bonds is 11. The average molecular weight is 564 g/mol. The van der Waals surface area contributed by atoms with E-state index < -0.39 is 52.7 Å². The van der Waals surface area contributed by atoms with Crippen molar-refractivity contribution in [1.82, 2.24) is 9.62 Å². The van der Waals surface area contributed by atoms with Crippen LogP contribution in [0.5, 0.6) is 0 Å². The van der Waals surface area contributed by atoms with Crippen molar-refractivity contribution >= 4 is 21.8 Å². The summed E-state index contributed by atoms with van der Waals surface area (Å²) in [6.07, 6.45) is -4.01. The van der Waals surface area contributed by atoms with Crippen LogP contribution in [0.2, 0.25) is 0 Å². The van der Waals surface area contributed by atoms with Crippen LogP contribution in [0, 0.1) is 11.8 Å². The molecule has 2 heterocycles. The van der Waals surface area contributed by atoms with Gasteiger partial charge >= 0.3 is 6.09 Å². The zero-order valence-corrected chi connectivity index (χ0v) is 22.9. The van der Waals surface area contributed by atoms with Gasteiger partial charge in [0.2, 0.25) is 10.0 Å². The van der Waals surface area contributed by atoms with Crippen molar-refractivity contribution in [3.05, 3.63) is 60.2 Å². The number of ether oxygens (including phenoxy) is 3. The summed E-state index contributed by atoms with van der Waals surface area (Å²) in [7, 11) is -3.96. The molecule has 2 saturated heterocycles.